The zero-order valence-corrected chi connectivity index (χ0v) is 14.5. The van der Waals surface area contributed by atoms with E-state index in [1.807, 2.05) is 30.3 Å². The fourth-order valence-electron chi connectivity index (χ4n) is 2.89. The van der Waals surface area contributed by atoms with Gasteiger partial charge in [0.2, 0.25) is 5.91 Å². The molecule has 120 valence electrons. The smallest absolute Gasteiger partial charge is 0.224 e. The van der Waals surface area contributed by atoms with Crippen molar-refractivity contribution in [2.75, 3.05) is 5.32 Å². The average Bonchev–Trinajstić information content (AvgIpc) is 3.03. The lowest BCUT2D eigenvalue weighted by atomic mass is 9.99. The highest BCUT2D eigenvalue weighted by Gasteiger charge is 2.16. The van der Waals surface area contributed by atoms with Gasteiger partial charge in [0.25, 0.3) is 0 Å². The van der Waals surface area contributed by atoms with Crippen LogP contribution in [0.4, 0.5) is 5.69 Å². The van der Waals surface area contributed by atoms with Crippen LogP contribution in [0.2, 0.25) is 5.02 Å². The third kappa shape index (κ3) is 3.21. The van der Waals surface area contributed by atoms with Crippen molar-refractivity contribution in [2.45, 2.75) is 19.3 Å². The van der Waals surface area contributed by atoms with Crippen LogP contribution >= 0.6 is 22.9 Å². The van der Waals surface area contributed by atoms with Crippen molar-refractivity contribution in [3.8, 4) is 11.3 Å². The van der Waals surface area contributed by atoms with Crippen LogP contribution in [0.3, 0.4) is 0 Å². The zero-order chi connectivity index (χ0) is 16.5. The summed E-state index contributed by atoms with van der Waals surface area (Å²) in [6.45, 7) is 0. The van der Waals surface area contributed by atoms with Gasteiger partial charge < -0.3 is 5.32 Å². The number of hydrogen-bond donors (Lipinski definition) is 1. The maximum absolute atomic E-state index is 11.5. The van der Waals surface area contributed by atoms with E-state index in [4.69, 9.17) is 16.6 Å². The Morgan fingerprint density at radius 1 is 1.17 bits per heavy atom. The van der Waals surface area contributed by atoms with Gasteiger partial charge in [0, 0.05) is 34.5 Å². The molecule has 24 heavy (non-hydrogen) atoms. The molecule has 1 N–H and O–H groups in total. The number of fused-ring (bicyclic) bond motifs is 1. The van der Waals surface area contributed by atoms with Gasteiger partial charge in [0.15, 0.2) is 0 Å². The highest BCUT2D eigenvalue weighted by molar-refractivity contribution is 7.10. The summed E-state index contributed by atoms with van der Waals surface area (Å²) in [7, 11) is 0. The van der Waals surface area contributed by atoms with Gasteiger partial charge in [-0.05, 0) is 41.8 Å². The maximum atomic E-state index is 11.5. The average molecular weight is 355 g/mol. The highest BCUT2D eigenvalue weighted by Crippen LogP contribution is 2.30. The Morgan fingerprint density at radius 2 is 2.08 bits per heavy atom. The Kier molecular flexibility index (Phi) is 4.08. The number of nitrogens with zero attached hydrogens (tertiary/aromatic N) is 1. The molecule has 5 heteroatoms. The largest absolute Gasteiger partial charge is 0.326 e. The molecule has 2 aromatic carbocycles. The van der Waals surface area contributed by atoms with E-state index in [1.165, 1.54) is 5.56 Å². The van der Waals surface area contributed by atoms with E-state index in [0.29, 0.717) is 6.42 Å². The quantitative estimate of drug-likeness (QED) is 0.723. The number of benzene rings is 2. The summed E-state index contributed by atoms with van der Waals surface area (Å²) in [4.78, 5) is 16.2. The van der Waals surface area contributed by atoms with E-state index < -0.39 is 0 Å². The van der Waals surface area contributed by atoms with Crippen molar-refractivity contribution in [3.05, 3.63) is 69.0 Å². The van der Waals surface area contributed by atoms with E-state index in [9.17, 15) is 4.79 Å². The van der Waals surface area contributed by atoms with Crippen LogP contribution in [-0.2, 0) is 17.6 Å². The number of anilines is 1. The van der Waals surface area contributed by atoms with Gasteiger partial charge in [0.1, 0.15) is 0 Å². The fraction of sp³-hybridized carbons (Fsp3) is 0.158. The topological polar surface area (TPSA) is 42.0 Å². The van der Waals surface area contributed by atoms with E-state index >= 15 is 0 Å². The number of aromatic nitrogens is 1. The third-order valence-corrected chi connectivity index (χ3v) is 5.18. The second-order valence-electron chi connectivity index (χ2n) is 5.85. The van der Waals surface area contributed by atoms with E-state index in [1.54, 1.807) is 11.3 Å². The zero-order valence-electron chi connectivity index (χ0n) is 12.9. The van der Waals surface area contributed by atoms with E-state index in [2.05, 4.69) is 22.8 Å². The molecule has 0 atom stereocenters. The summed E-state index contributed by atoms with van der Waals surface area (Å²) < 4.78 is 0. The first-order valence-electron chi connectivity index (χ1n) is 7.79. The van der Waals surface area contributed by atoms with Crippen LogP contribution in [0.5, 0.6) is 0 Å². The second kappa shape index (κ2) is 6.38. The molecule has 1 aromatic heterocycles. The number of halogens is 1. The Balaban J connectivity index is 1.57. The number of thiazole rings is 1. The van der Waals surface area contributed by atoms with Gasteiger partial charge in [0.05, 0.1) is 10.7 Å². The number of carbonyl (C=O) groups is 1. The first-order valence-corrected chi connectivity index (χ1v) is 9.05. The minimum Gasteiger partial charge on any atom is -0.326 e. The second-order valence-corrected chi connectivity index (χ2v) is 7.23. The van der Waals surface area contributed by atoms with Crippen LogP contribution in [0.15, 0.2) is 47.8 Å². The molecule has 1 amide bonds. The van der Waals surface area contributed by atoms with E-state index in [0.717, 1.165) is 45.4 Å². The molecule has 0 saturated carbocycles. The minimum atomic E-state index is 0.0905. The molecule has 3 aromatic rings. The first kappa shape index (κ1) is 15.4. The third-order valence-electron chi connectivity index (χ3n) is 4.09. The lowest BCUT2D eigenvalue weighted by Crippen LogP contribution is -2.18. The number of carbonyl (C=O) groups excluding carboxylic acids is 1. The SMILES string of the molecule is O=C1CCc2cc(-c3csc(Cc4cccc(Cl)c4)n3)ccc2N1. The molecular weight excluding hydrogens is 340 g/mol. The van der Waals surface area contributed by atoms with Crippen molar-refractivity contribution < 1.29 is 4.79 Å². The number of aryl methyl sites for hydroxylation is 1. The molecule has 4 rings (SSSR count). The number of amides is 1. The maximum Gasteiger partial charge on any atom is 0.224 e. The van der Waals surface area contributed by atoms with Gasteiger partial charge >= 0.3 is 0 Å². The highest BCUT2D eigenvalue weighted by atomic mass is 35.5. The van der Waals surface area contributed by atoms with Gasteiger partial charge in [-0.2, -0.15) is 0 Å². The Hall–Kier alpha value is -2.17. The lowest BCUT2D eigenvalue weighted by Gasteiger charge is -2.17. The summed E-state index contributed by atoms with van der Waals surface area (Å²) >= 11 is 7.70. The molecule has 3 nitrogen and oxygen atoms in total. The van der Waals surface area contributed by atoms with Crippen LogP contribution in [-0.4, -0.2) is 10.9 Å². The summed E-state index contributed by atoms with van der Waals surface area (Å²) in [6.07, 6.45) is 2.12. The minimum absolute atomic E-state index is 0.0905. The number of nitrogens with one attached hydrogen (secondary N) is 1. The summed E-state index contributed by atoms with van der Waals surface area (Å²) in [6, 6.07) is 14.0. The lowest BCUT2D eigenvalue weighted by molar-refractivity contribution is -0.116. The van der Waals surface area contributed by atoms with Gasteiger partial charge in [-0.15, -0.1) is 11.3 Å². The van der Waals surface area contributed by atoms with Crippen LogP contribution < -0.4 is 5.32 Å². The molecular formula is C19H15ClN2OS. The normalized spacial score (nSPS) is 13.5. The summed E-state index contributed by atoms with van der Waals surface area (Å²) in [5.74, 6) is 0.0905. The van der Waals surface area contributed by atoms with Gasteiger partial charge in [-0.25, -0.2) is 4.98 Å². The van der Waals surface area contributed by atoms with Crippen LogP contribution in [0.25, 0.3) is 11.3 Å². The van der Waals surface area contributed by atoms with Gasteiger partial charge in [-0.3, -0.25) is 4.79 Å². The molecule has 0 unspecified atom stereocenters. The summed E-state index contributed by atoms with van der Waals surface area (Å²) in [5.41, 5.74) is 5.34. The molecule has 0 bridgehead atoms. The van der Waals surface area contributed by atoms with Crippen molar-refractivity contribution in [1.82, 2.24) is 4.98 Å². The number of rotatable bonds is 3. The Labute approximate surface area is 149 Å². The summed E-state index contributed by atoms with van der Waals surface area (Å²) in [5, 5.41) is 6.82. The molecule has 0 radical (unpaired) electrons. The molecule has 1 aliphatic rings. The Morgan fingerprint density at radius 3 is 2.96 bits per heavy atom. The van der Waals surface area contributed by atoms with Crippen molar-refractivity contribution in [3.63, 3.8) is 0 Å². The number of hydrogen-bond acceptors (Lipinski definition) is 3. The van der Waals surface area contributed by atoms with Gasteiger partial charge in [-0.1, -0.05) is 29.8 Å². The molecule has 1 aliphatic heterocycles. The first-order chi connectivity index (χ1) is 11.7. The Bertz CT molecular complexity index is 919. The monoisotopic (exact) mass is 354 g/mol. The van der Waals surface area contributed by atoms with Crippen LogP contribution in [0.1, 0.15) is 22.6 Å². The molecule has 2 heterocycles. The molecule has 0 fully saturated rings. The van der Waals surface area contributed by atoms with Crippen molar-refractivity contribution in [1.29, 1.82) is 0 Å². The van der Waals surface area contributed by atoms with Crippen molar-refractivity contribution in [2.24, 2.45) is 0 Å². The van der Waals surface area contributed by atoms with Crippen molar-refractivity contribution >= 4 is 34.5 Å². The predicted molar refractivity (Wildman–Crippen MR) is 98.8 cm³/mol. The fourth-order valence-corrected chi connectivity index (χ4v) is 3.94. The standard InChI is InChI=1S/C19H15ClN2OS/c20-15-3-1-2-12(8-15)9-19-22-17(11-24-19)14-4-6-16-13(10-14)5-7-18(23)21-16/h1-4,6,8,10-11H,5,7,9H2,(H,21,23). The predicted octanol–water partition coefficient (Wildman–Crippen LogP) is 4.94. The van der Waals surface area contributed by atoms with Crippen LogP contribution in [0, 0.1) is 0 Å². The molecule has 0 aliphatic carbocycles. The molecule has 0 spiro atoms. The molecule has 0 saturated heterocycles. The van der Waals surface area contributed by atoms with E-state index in [-0.39, 0.29) is 5.91 Å².